The number of hydrogen-bond donors (Lipinski definition) is 1. The van der Waals surface area contributed by atoms with Gasteiger partial charge >= 0.3 is 0 Å². The predicted octanol–water partition coefficient (Wildman–Crippen LogP) is 3.52. The molecule has 1 fully saturated rings. The second-order valence-electron chi connectivity index (χ2n) is 6.59. The Balaban J connectivity index is 2.48. The van der Waals surface area contributed by atoms with Gasteiger partial charge in [-0.25, -0.2) is 0 Å². The lowest BCUT2D eigenvalue weighted by Gasteiger charge is -2.43. The monoisotopic (exact) mass is 254 g/mol. The topological polar surface area (TPSA) is 15.3 Å². The molecule has 0 radical (unpaired) electrons. The van der Waals surface area contributed by atoms with Gasteiger partial charge in [0.2, 0.25) is 0 Å². The SMILES string of the molecule is CCCC(CNCC(C)C)N1CCCC(C)C1C. The van der Waals surface area contributed by atoms with Gasteiger partial charge in [0.1, 0.15) is 0 Å². The van der Waals surface area contributed by atoms with Crippen LogP contribution in [-0.2, 0) is 0 Å². The third kappa shape index (κ3) is 4.89. The molecule has 3 unspecified atom stereocenters. The average molecular weight is 254 g/mol. The van der Waals surface area contributed by atoms with Crippen LogP contribution in [0.15, 0.2) is 0 Å². The fraction of sp³-hybridized carbons (Fsp3) is 1.00. The molecule has 0 saturated carbocycles. The second kappa shape index (κ2) is 8.16. The Morgan fingerprint density at radius 1 is 1.22 bits per heavy atom. The van der Waals surface area contributed by atoms with Crippen molar-refractivity contribution in [1.29, 1.82) is 0 Å². The summed E-state index contributed by atoms with van der Waals surface area (Å²) in [4.78, 5) is 2.77. The smallest absolute Gasteiger partial charge is 0.0223 e. The zero-order chi connectivity index (χ0) is 13.5. The summed E-state index contributed by atoms with van der Waals surface area (Å²) in [5.41, 5.74) is 0. The molecule has 1 N–H and O–H groups in total. The first-order chi connectivity index (χ1) is 8.56. The van der Waals surface area contributed by atoms with E-state index in [4.69, 9.17) is 0 Å². The Bertz CT molecular complexity index is 215. The molecular weight excluding hydrogens is 220 g/mol. The highest BCUT2D eigenvalue weighted by Gasteiger charge is 2.29. The highest BCUT2D eigenvalue weighted by molar-refractivity contribution is 4.85. The average Bonchev–Trinajstić information content (AvgIpc) is 2.31. The Morgan fingerprint density at radius 2 is 1.94 bits per heavy atom. The molecule has 0 aromatic heterocycles. The molecule has 108 valence electrons. The number of hydrogen-bond acceptors (Lipinski definition) is 2. The van der Waals surface area contributed by atoms with Gasteiger partial charge in [-0.15, -0.1) is 0 Å². The number of likely N-dealkylation sites (tertiary alicyclic amines) is 1. The summed E-state index contributed by atoms with van der Waals surface area (Å²) in [7, 11) is 0. The van der Waals surface area contributed by atoms with E-state index in [1.54, 1.807) is 0 Å². The quantitative estimate of drug-likeness (QED) is 0.748. The van der Waals surface area contributed by atoms with Crippen molar-refractivity contribution in [2.75, 3.05) is 19.6 Å². The number of nitrogens with zero attached hydrogens (tertiary/aromatic N) is 1. The fourth-order valence-corrected chi connectivity index (χ4v) is 3.14. The summed E-state index contributed by atoms with van der Waals surface area (Å²) in [6.07, 6.45) is 5.43. The van der Waals surface area contributed by atoms with Crippen LogP contribution in [0.2, 0.25) is 0 Å². The van der Waals surface area contributed by atoms with E-state index in [-0.39, 0.29) is 0 Å². The van der Waals surface area contributed by atoms with Crippen molar-refractivity contribution in [2.24, 2.45) is 11.8 Å². The maximum Gasteiger partial charge on any atom is 0.0223 e. The summed E-state index contributed by atoms with van der Waals surface area (Å²) in [6, 6.07) is 1.50. The molecule has 0 aromatic rings. The van der Waals surface area contributed by atoms with E-state index >= 15 is 0 Å². The van der Waals surface area contributed by atoms with Crippen molar-refractivity contribution in [1.82, 2.24) is 10.2 Å². The van der Waals surface area contributed by atoms with Crippen LogP contribution in [0, 0.1) is 11.8 Å². The van der Waals surface area contributed by atoms with Crippen LogP contribution in [0.3, 0.4) is 0 Å². The second-order valence-corrected chi connectivity index (χ2v) is 6.59. The molecule has 0 amide bonds. The first-order valence-electron chi connectivity index (χ1n) is 8.02. The van der Waals surface area contributed by atoms with Crippen LogP contribution in [0.4, 0.5) is 0 Å². The third-order valence-electron chi connectivity index (χ3n) is 4.45. The maximum atomic E-state index is 3.66. The Morgan fingerprint density at radius 3 is 2.56 bits per heavy atom. The van der Waals surface area contributed by atoms with Gasteiger partial charge in [0.05, 0.1) is 0 Å². The highest BCUT2D eigenvalue weighted by atomic mass is 15.2. The summed E-state index contributed by atoms with van der Waals surface area (Å²) >= 11 is 0. The lowest BCUT2D eigenvalue weighted by atomic mass is 9.90. The largest absolute Gasteiger partial charge is 0.315 e. The van der Waals surface area contributed by atoms with Gasteiger partial charge in [-0.2, -0.15) is 0 Å². The molecular formula is C16H34N2. The van der Waals surface area contributed by atoms with Crippen LogP contribution in [0.1, 0.15) is 60.3 Å². The summed E-state index contributed by atoms with van der Waals surface area (Å²) in [6.45, 7) is 15.4. The molecule has 1 aliphatic heterocycles. The van der Waals surface area contributed by atoms with E-state index in [9.17, 15) is 0 Å². The van der Waals surface area contributed by atoms with Crippen LogP contribution < -0.4 is 5.32 Å². The van der Waals surface area contributed by atoms with Crippen LogP contribution in [0.25, 0.3) is 0 Å². The van der Waals surface area contributed by atoms with Crippen molar-refractivity contribution >= 4 is 0 Å². The first-order valence-corrected chi connectivity index (χ1v) is 8.02. The van der Waals surface area contributed by atoms with Gasteiger partial charge in [0.15, 0.2) is 0 Å². The van der Waals surface area contributed by atoms with Gasteiger partial charge in [-0.05, 0) is 51.1 Å². The van der Waals surface area contributed by atoms with Gasteiger partial charge in [0, 0.05) is 18.6 Å². The van der Waals surface area contributed by atoms with Gasteiger partial charge < -0.3 is 5.32 Å². The number of nitrogens with one attached hydrogen (secondary N) is 1. The zero-order valence-corrected chi connectivity index (χ0v) is 13.2. The van der Waals surface area contributed by atoms with Gasteiger partial charge in [-0.3, -0.25) is 4.90 Å². The van der Waals surface area contributed by atoms with E-state index in [0.29, 0.717) is 0 Å². The number of piperidine rings is 1. The molecule has 2 nitrogen and oxygen atoms in total. The molecule has 18 heavy (non-hydrogen) atoms. The van der Waals surface area contributed by atoms with Crippen molar-refractivity contribution in [3.63, 3.8) is 0 Å². The van der Waals surface area contributed by atoms with E-state index < -0.39 is 0 Å². The zero-order valence-electron chi connectivity index (χ0n) is 13.2. The lowest BCUT2D eigenvalue weighted by Crippen LogP contribution is -2.52. The Hall–Kier alpha value is -0.0800. The molecule has 1 heterocycles. The minimum atomic E-state index is 0.742. The molecule has 0 spiro atoms. The fourth-order valence-electron chi connectivity index (χ4n) is 3.14. The Kier molecular flexibility index (Phi) is 7.25. The minimum Gasteiger partial charge on any atom is -0.315 e. The molecule has 1 aliphatic rings. The predicted molar refractivity (Wildman–Crippen MR) is 81.0 cm³/mol. The third-order valence-corrected chi connectivity index (χ3v) is 4.45. The van der Waals surface area contributed by atoms with Gasteiger partial charge in [0.25, 0.3) is 0 Å². The molecule has 3 atom stereocenters. The van der Waals surface area contributed by atoms with Crippen LogP contribution in [-0.4, -0.2) is 36.6 Å². The molecule has 0 aliphatic carbocycles. The van der Waals surface area contributed by atoms with E-state index in [2.05, 4.69) is 44.8 Å². The van der Waals surface area contributed by atoms with Crippen LogP contribution >= 0.6 is 0 Å². The Labute approximate surface area is 115 Å². The van der Waals surface area contributed by atoms with E-state index in [1.165, 1.54) is 38.8 Å². The summed E-state index contributed by atoms with van der Waals surface area (Å²) in [5, 5.41) is 3.66. The molecule has 0 bridgehead atoms. The standard InChI is InChI=1S/C16H34N2/c1-6-8-16(12-17-11-13(2)3)18-10-7-9-14(4)15(18)5/h13-17H,6-12H2,1-5H3. The van der Waals surface area contributed by atoms with Gasteiger partial charge in [-0.1, -0.05) is 34.1 Å². The van der Waals surface area contributed by atoms with E-state index in [1.807, 2.05) is 0 Å². The highest BCUT2D eigenvalue weighted by Crippen LogP contribution is 2.25. The van der Waals surface area contributed by atoms with Crippen molar-refractivity contribution in [2.45, 2.75) is 72.4 Å². The normalized spacial score (nSPS) is 27.7. The lowest BCUT2D eigenvalue weighted by molar-refractivity contribution is 0.0629. The molecule has 1 saturated heterocycles. The minimum absolute atomic E-state index is 0.742. The van der Waals surface area contributed by atoms with E-state index in [0.717, 1.165) is 30.5 Å². The molecule has 1 rings (SSSR count). The number of rotatable bonds is 7. The summed E-state index contributed by atoms with van der Waals surface area (Å²) < 4.78 is 0. The molecule has 2 heteroatoms. The van der Waals surface area contributed by atoms with Crippen LogP contribution in [0.5, 0.6) is 0 Å². The van der Waals surface area contributed by atoms with Crippen molar-refractivity contribution < 1.29 is 0 Å². The summed E-state index contributed by atoms with van der Waals surface area (Å²) in [5.74, 6) is 1.62. The first kappa shape index (κ1) is 16.0. The maximum absolute atomic E-state index is 3.66. The molecule has 0 aromatic carbocycles. The van der Waals surface area contributed by atoms with Crippen molar-refractivity contribution in [3.8, 4) is 0 Å². The van der Waals surface area contributed by atoms with Crippen molar-refractivity contribution in [3.05, 3.63) is 0 Å².